The van der Waals surface area contributed by atoms with Crippen molar-refractivity contribution in [3.8, 4) is 5.75 Å². The van der Waals surface area contributed by atoms with Crippen LogP contribution in [0, 0.1) is 19.8 Å². The van der Waals surface area contributed by atoms with Crippen LogP contribution in [0.4, 0.5) is 0 Å². The molecule has 1 aromatic rings. The van der Waals surface area contributed by atoms with Crippen LogP contribution < -0.4 is 4.74 Å². The summed E-state index contributed by atoms with van der Waals surface area (Å²) in [5.74, 6) is 0.400. The van der Waals surface area contributed by atoms with Crippen molar-refractivity contribution in [3.05, 3.63) is 29.3 Å². The van der Waals surface area contributed by atoms with Crippen LogP contribution in [0.5, 0.6) is 5.75 Å². The second-order valence-electron chi connectivity index (χ2n) is 3.84. The van der Waals surface area contributed by atoms with Crippen molar-refractivity contribution in [3.63, 3.8) is 0 Å². The van der Waals surface area contributed by atoms with E-state index < -0.39 is 0 Å². The van der Waals surface area contributed by atoms with Crippen LogP contribution in [0.1, 0.15) is 25.0 Å². The Morgan fingerprint density at radius 1 is 1.29 bits per heavy atom. The van der Waals surface area contributed by atoms with Gasteiger partial charge in [-0.15, -0.1) is 0 Å². The average Bonchev–Trinajstić information content (AvgIpc) is 2.11. The van der Waals surface area contributed by atoms with E-state index in [0.717, 1.165) is 11.1 Å². The van der Waals surface area contributed by atoms with Gasteiger partial charge in [-0.2, -0.15) is 0 Å². The zero-order chi connectivity index (χ0) is 10.7. The Bertz CT molecular complexity index is 340. The largest absolute Gasteiger partial charge is 0.426 e. The van der Waals surface area contributed by atoms with Crippen LogP contribution >= 0.6 is 0 Å². The molecule has 0 heterocycles. The van der Waals surface area contributed by atoms with E-state index in [1.807, 2.05) is 45.9 Å². The molecule has 0 aliphatic rings. The van der Waals surface area contributed by atoms with Gasteiger partial charge in [-0.05, 0) is 31.0 Å². The lowest BCUT2D eigenvalue weighted by molar-refractivity contribution is -0.137. The van der Waals surface area contributed by atoms with Crippen molar-refractivity contribution < 1.29 is 9.53 Å². The highest BCUT2D eigenvalue weighted by Crippen LogP contribution is 2.20. The number of hydrogen-bond acceptors (Lipinski definition) is 2. The fourth-order valence-electron chi connectivity index (χ4n) is 1.04. The Kier molecular flexibility index (Phi) is 3.28. The monoisotopic (exact) mass is 192 g/mol. The smallest absolute Gasteiger partial charge is 0.313 e. The van der Waals surface area contributed by atoms with E-state index in [9.17, 15) is 4.79 Å². The molecule has 0 atom stereocenters. The lowest BCUT2D eigenvalue weighted by atomic mass is 10.1. The third kappa shape index (κ3) is 2.59. The van der Waals surface area contributed by atoms with Gasteiger partial charge in [0.15, 0.2) is 0 Å². The minimum Gasteiger partial charge on any atom is -0.426 e. The second-order valence-corrected chi connectivity index (χ2v) is 3.84. The number of hydrogen-bond donors (Lipinski definition) is 0. The van der Waals surface area contributed by atoms with Gasteiger partial charge < -0.3 is 4.74 Å². The summed E-state index contributed by atoms with van der Waals surface area (Å²) in [6.07, 6.45) is 0. The van der Waals surface area contributed by atoms with Crippen molar-refractivity contribution in [2.45, 2.75) is 27.7 Å². The molecule has 0 saturated heterocycles. The molecule has 1 rings (SSSR count). The van der Waals surface area contributed by atoms with E-state index in [-0.39, 0.29) is 11.9 Å². The minimum absolute atomic E-state index is 0.0880. The number of carbonyl (C=O) groups is 1. The Morgan fingerprint density at radius 2 is 1.93 bits per heavy atom. The summed E-state index contributed by atoms with van der Waals surface area (Å²) >= 11 is 0. The number of ether oxygens (including phenoxy) is 1. The summed E-state index contributed by atoms with van der Waals surface area (Å²) < 4.78 is 5.25. The average molecular weight is 192 g/mol. The summed E-state index contributed by atoms with van der Waals surface area (Å²) in [4.78, 5) is 11.4. The van der Waals surface area contributed by atoms with Crippen LogP contribution in [0.2, 0.25) is 0 Å². The highest BCUT2D eigenvalue weighted by atomic mass is 16.5. The number of aryl methyl sites for hydroxylation is 2. The summed E-state index contributed by atoms with van der Waals surface area (Å²) in [5, 5.41) is 0. The van der Waals surface area contributed by atoms with Crippen molar-refractivity contribution in [1.82, 2.24) is 0 Å². The highest BCUT2D eigenvalue weighted by molar-refractivity contribution is 5.74. The Morgan fingerprint density at radius 3 is 2.50 bits per heavy atom. The van der Waals surface area contributed by atoms with E-state index in [0.29, 0.717) is 5.75 Å². The third-order valence-electron chi connectivity index (χ3n) is 2.03. The minimum atomic E-state index is -0.182. The van der Waals surface area contributed by atoms with Gasteiger partial charge in [0.05, 0.1) is 5.92 Å². The molecule has 0 spiro atoms. The molecule has 0 saturated carbocycles. The standard InChI is InChI=1S/C12H16O2/c1-8(2)12(13)14-11-7-9(3)5-6-10(11)4/h5-8H,1-4H3. The first-order valence-corrected chi connectivity index (χ1v) is 4.79. The first-order valence-electron chi connectivity index (χ1n) is 4.79. The number of rotatable bonds is 2. The van der Waals surface area contributed by atoms with Gasteiger partial charge in [0.2, 0.25) is 0 Å². The summed E-state index contributed by atoms with van der Waals surface area (Å²) in [6, 6.07) is 5.84. The van der Waals surface area contributed by atoms with Crippen LogP contribution in [0.25, 0.3) is 0 Å². The molecular formula is C12H16O2. The molecule has 0 amide bonds. The van der Waals surface area contributed by atoms with Crippen LogP contribution in [0.3, 0.4) is 0 Å². The van der Waals surface area contributed by atoms with Gasteiger partial charge in [0, 0.05) is 0 Å². The van der Waals surface area contributed by atoms with E-state index >= 15 is 0 Å². The lowest BCUT2D eigenvalue weighted by Gasteiger charge is -2.09. The first-order chi connectivity index (χ1) is 6.50. The molecule has 0 aromatic heterocycles. The maximum atomic E-state index is 11.4. The zero-order valence-electron chi connectivity index (χ0n) is 9.13. The number of esters is 1. The molecular weight excluding hydrogens is 176 g/mol. The number of benzene rings is 1. The lowest BCUT2D eigenvalue weighted by Crippen LogP contribution is -2.15. The summed E-state index contributed by atoms with van der Waals surface area (Å²) in [6.45, 7) is 7.56. The van der Waals surface area contributed by atoms with E-state index in [1.54, 1.807) is 0 Å². The topological polar surface area (TPSA) is 26.3 Å². The fourth-order valence-corrected chi connectivity index (χ4v) is 1.04. The Balaban J connectivity index is 2.86. The van der Waals surface area contributed by atoms with Crippen molar-refractivity contribution >= 4 is 5.97 Å². The predicted molar refractivity (Wildman–Crippen MR) is 56.4 cm³/mol. The zero-order valence-corrected chi connectivity index (χ0v) is 9.13. The van der Waals surface area contributed by atoms with Gasteiger partial charge in [0.1, 0.15) is 5.75 Å². The molecule has 0 bridgehead atoms. The normalized spacial score (nSPS) is 10.4. The molecule has 1 aromatic carbocycles. The van der Waals surface area contributed by atoms with Gasteiger partial charge in [-0.1, -0.05) is 26.0 Å². The molecule has 0 fully saturated rings. The summed E-state index contributed by atoms with van der Waals surface area (Å²) in [7, 11) is 0. The number of carbonyl (C=O) groups excluding carboxylic acids is 1. The maximum absolute atomic E-state index is 11.4. The van der Waals surface area contributed by atoms with Gasteiger partial charge >= 0.3 is 5.97 Å². The summed E-state index contributed by atoms with van der Waals surface area (Å²) in [5.41, 5.74) is 2.09. The van der Waals surface area contributed by atoms with Gasteiger partial charge in [-0.3, -0.25) is 4.79 Å². The van der Waals surface area contributed by atoms with E-state index in [4.69, 9.17) is 4.74 Å². The molecule has 14 heavy (non-hydrogen) atoms. The fraction of sp³-hybridized carbons (Fsp3) is 0.417. The molecule has 0 radical (unpaired) electrons. The second kappa shape index (κ2) is 4.27. The SMILES string of the molecule is Cc1ccc(C)c(OC(=O)C(C)C)c1. The van der Waals surface area contributed by atoms with Crippen molar-refractivity contribution in [2.75, 3.05) is 0 Å². The first kappa shape index (κ1) is 10.8. The molecule has 2 nitrogen and oxygen atoms in total. The van der Waals surface area contributed by atoms with E-state index in [1.165, 1.54) is 0 Å². The van der Waals surface area contributed by atoms with Gasteiger partial charge in [-0.25, -0.2) is 0 Å². The molecule has 0 N–H and O–H groups in total. The van der Waals surface area contributed by atoms with Gasteiger partial charge in [0.25, 0.3) is 0 Å². The third-order valence-corrected chi connectivity index (χ3v) is 2.03. The quantitative estimate of drug-likeness (QED) is 0.532. The van der Waals surface area contributed by atoms with Crippen LogP contribution in [-0.4, -0.2) is 5.97 Å². The Hall–Kier alpha value is -1.31. The highest BCUT2D eigenvalue weighted by Gasteiger charge is 2.10. The predicted octanol–water partition coefficient (Wildman–Crippen LogP) is 2.86. The van der Waals surface area contributed by atoms with Crippen LogP contribution in [0.15, 0.2) is 18.2 Å². The molecule has 0 unspecified atom stereocenters. The van der Waals surface area contributed by atoms with Crippen molar-refractivity contribution in [1.29, 1.82) is 0 Å². The van der Waals surface area contributed by atoms with Crippen molar-refractivity contribution in [2.24, 2.45) is 5.92 Å². The molecule has 0 aliphatic heterocycles. The molecule has 0 aliphatic carbocycles. The van der Waals surface area contributed by atoms with E-state index in [2.05, 4.69) is 0 Å². The Labute approximate surface area is 84.9 Å². The maximum Gasteiger partial charge on any atom is 0.313 e. The molecule has 76 valence electrons. The molecule has 2 heteroatoms. The van der Waals surface area contributed by atoms with Crippen LogP contribution in [-0.2, 0) is 4.79 Å².